The Morgan fingerprint density at radius 3 is 2.72 bits per heavy atom. The summed E-state index contributed by atoms with van der Waals surface area (Å²) >= 11 is 0. The fraction of sp³-hybridized carbons (Fsp3) is 0.615. The number of hydrogen-bond acceptors (Lipinski definition) is 4. The highest BCUT2D eigenvalue weighted by Gasteiger charge is 2.16. The van der Waals surface area contributed by atoms with E-state index in [9.17, 15) is 0 Å². The van der Waals surface area contributed by atoms with E-state index in [4.69, 9.17) is 0 Å². The molecule has 2 aromatic rings. The van der Waals surface area contributed by atoms with Crippen LogP contribution in [-0.2, 0) is 0 Å². The van der Waals surface area contributed by atoms with Crippen molar-refractivity contribution in [1.82, 2.24) is 20.2 Å². The van der Waals surface area contributed by atoms with Crippen molar-refractivity contribution in [2.75, 3.05) is 18.0 Å². The van der Waals surface area contributed by atoms with E-state index >= 15 is 0 Å². The standard InChI is InChI=1S/C13H19N5/c1-9(2)11-10-8-14-13(15-12(10)17-16-11)18-6-4-3-5-7-18/h8-9H,3-7H2,1-2H3,(H,14,15,16,17). The summed E-state index contributed by atoms with van der Waals surface area (Å²) in [4.78, 5) is 11.3. The Hall–Kier alpha value is -1.65. The average molecular weight is 245 g/mol. The molecule has 0 saturated carbocycles. The van der Waals surface area contributed by atoms with Crippen LogP contribution in [0.2, 0.25) is 0 Å². The molecule has 0 bridgehead atoms. The molecule has 5 heteroatoms. The molecule has 0 spiro atoms. The fourth-order valence-corrected chi connectivity index (χ4v) is 2.50. The summed E-state index contributed by atoms with van der Waals surface area (Å²) in [5, 5.41) is 8.41. The van der Waals surface area contributed by atoms with Crippen LogP contribution in [0.15, 0.2) is 6.20 Å². The highest BCUT2D eigenvalue weighted by atomic mass is 15.3. The number of rotatable bonds is 2. The maximum atomic E-state index is 4.57. The van der Waals surface area contributed by atoms with Gasteiger partial charge in [-0.05, 0) is 25.2 Å². The number of hydrogen-bond donors (Lipinski definition) is 1. The molecule has 18 heavy (non-hydrogen) atoms. The van der Waals surface area contributed by atoms with E-state index < -0.39 is 0 Å². The number of nitrogens with one attached hydrogen (secondary N) is 1. The second kappa shape index (κ2) is 4.55. The van der Waals surface area contributed by atoms with Crippen LogP contribution in [0.25, 0.3) is 11.0 Å². The maximum absolute atomic E-state index is 4.57. The highest BCUT2D eigenvalue weighted by molar-refractivity contribution is 5.78. The van der Waals surface area contributed by atoms with Gasteiger partial charge in [-0.1, -0.05) is 13.8 Å². The Morgan fingerprint density at radius 2 is 2.00 bits per heavy atom. The van der Waals surface area contributed by atoms with Crippen LogP contribution < -0.4 is 4.90 Å². The van der Waals surface area contributed by atoms with E-state index in [0.717, 1.165) is 35.8 Å². The van der Waals surface area contributed by atoms with E-state index in [2.05, 4.69) is 38.9 Å². The van der Waals surface area contributed by atoms with E-state index in [1.807, 2.05) is 6.20 Å². The lowest BCUT2D eigenvalue weighted by Gasteiger charge is -2.26. The summed E-state index contributed by atoms with van der Waals surface area (Å²) in [6.07, 6.45) is 5.70. The molecule has 0 amide bonds. The number of nitrogens with zero attached hydrogens (tertiary/aromatic N) is 4. The Morgan fingerprint density at radius 1 is 1.22 bits per heavy atom. The first kappa shape index (κ1) is 11.4. The maximum Gasteiger partial charge on any atom is 0.227 e. The first-order valence-electron chi connectivity index (χ1n) is 6.71. The normalized spacial score (nSPS) is 16.7. The van der Waals surface area contributed by atoms with E-state index in [1.165, 1.54) is 19.3 Å². The molecule has 1 saturated heterocycles. The van der Waals surface area contributed by atoms with Crippen molar-refractivity contribution in [3.05, 3.63) is 11.9 Å². The predicted molar refractivity (Wildman–Crippen MR) is 71.8 cm³/mol. The van der Waals surface area contributed by atoms with Gasteiger partial charge in [0.2, 0.25) is 5.95 Å². The Kier molecular flexibility index (Phi) is 2.89. The fourth-order valence-electron chi connectivity index (χ4n) is 2.50. The number of aromatic nitrogens is 4. The summed E-state index contributed by atoms with van der Waals surface area (Å²) < 4.78 is 0. The van der Waals surface area contributed by atoms with Crippen molar-refractivity contribution in [3.63, 3.8) is 0 Å². The molecule has 0 radical (unpaired) electrons. The lowest BCUT2D eigenvalue weighted by molar-refractivity contribution is 0.569. The molecule has 0 aliphatic carbocycles. The van der Waals surface area contributed by atoms with Gasteiger partial charge < -0.3 is 4.90 Å². The molecule has 3 heterocycles. The monoisotopic (exact) mass is 245 g/mol. The molecule has 0 aromatic carbocycles. The predicted octanol–water partition coefficient (Wildman–Crippen LogP) is 2.47. The lowest BCUT2D eigenvalue weighted by atomic mass is 10.1. The number of piperidine rings is 1. The minimum absolute atomic E-state index is 0.416. The molecule has 1 N–H and O–H groups in total. The van der Waals surface area contributed by atoms with Crippen LogP contribution in [0.1, 0.15) is 44.7 Å². The molecule has 5 nitrogen and oxygen atoms in total. The van der Waals surface area contributed by atoms with Crippen molar-refractivity contribution < 1.29 is 0 Å². The first-order valence-corrected chi connectivity index (χ1v) is 6.71. The number of anilines is 1. The van der Waals surface area contributed by atoms with Crippen molar-refractivity contribution in [2.24, 2.45) is 0 Å². The third kappa shape index (κ3) is 1.94. The Balaban J connectivity index is 1.96. The molecule has 2 aromatic heterocycles. The van der Waals surface area contributed by atoms with Gasteiger partial charge in [-0.3, -0.25) is 5.10 Å². The summed E-state index contributed by atoms with van der Waals surface area (Å²) in [6.45, 7) is 6.41. The second-order valence-electron chi connectivity index (χ2n) is 5.25. The van der Waals surface area contributed by atoms with Gasteiger partial charge in [0, 0.05) is 25.0 Å². The van der Waals surface area contributed by atoms with Crippen LogP contribution in [0.4, 0.5) is 5.95 Å². The zero-order valence-corrected chi connectivity index (χ0v) is 11.0. The van der Waals surface area contributed by atoms with Gasteiger partial charge in [-0.15, -0.1) is 0 Å². The van der Waals surface area contributed by atoms with Crippen molar-refractivity contribution >= 4 is 17.0 Å². The number of aromatic amines is 1. The van der Waals surface area contributed by atoms with Crippen molar-refractivity contribution in [1.29, 1.82) is 0 Å². The van der Waals surface area contributed by atoms with Gasteiger partial charge in [0.25, 0.3) is 0 Å². The molecular formula is C13H19N5. The number of fused-ring (bicyclic) bond motifs is 1. The van der Waals surface area contributed by atoms with Gasteiger partial charge >= 0.3 is 0 Å². The minimum Gasteiger partial charge on any atom is -0.341 e. The molecule has 1 aliphatic heterocycles. The molecule has 96 valence electrons. The summed E-state index contributed by atoms with van der Waals surface area (Å²) in [5.41, 5.74) is 1.91. The topological polar surface area (TPSA) is 57.7 Å². The molecule has 1 fully saturated rings. The zero-order chi connectivity index (χ0) is 12.5. The SMILES string of the molecule is CC(C)c1[nH]nc2nc(N3CCCCC3)ncc12. The molecule has 1 aliphatic rings. The van der Waals surface area contributed by atoms with E-state index in [-0.39, 0.29) is 0 Å². The van der Waals surface area contributed by atoms with Crippen molar-refractivity contribution in [2.45, 2.75) is 39.0 Å². The van der Waals surface area contributed by atoms with Gasteiger partial charge in [-0.2, -0.15) is 10.1 Å². The smallest absolute Gasteiger partial charge is 0.227 e. The summed E-state index contributed by atoms with van der Waals surface area (Å²) in [7, 11) is 0. The Labute approximate surface area is 107 Å². The Bertz CT molecular complexity index is 539. The summed E-state index contributed by atoms with van der Waals surface area (Å²) in [6, 6.07) is 0. The zero-order valence-electron chi connectivity index (χ0n) is 11.0. The number of H-pyrrole nitrogens is 1. The average Bonchev–Trinajstić information content (AvgIpc) is 2.82. The molecule has 0 unspecified atom stereocenters. The molecule has 0 atom stereocenters. The third-order valence-corrected chi connectivity index (χ3v) is 3.54. The van der Waals surface area contributed by atoms with E-state index in [1.54, 1.807) is 0 Å². The first-order chi connectivity index (χ1) is 8.75. The highest BCUT2D eigenvalue weighted by Crippen LogP contribution is 2.23. The van der Waals surface area contributed by atoms with E-state index in [0.29, 0.717) is 5.92 Å². The summed E-state index contributed by atoms with van der Waals surface area (Å²) in [5.74, 6) is 1.24. The largest absolute Gasteiger partial charge is 0.341 e. The van der Waals surface area contributed by atoms with Gasteiger partial charge in [0.15, 0.2) is 5.65 Å². The van der Waals surface area contributed by atoms with Crippen LogP contribution in [0, 0.1) is 0 Å². The van der Waals surface area contributed by atoms with Crippen LogP contribution in [0.3, 0.4) is 0 Å². The molecular weight excluding hydrogens is 226 g/mol. The lowest BCUT2D eigenvalue weighted by Crippen LogP contribution is -2.30. The van der Waals surface area contributed by atoms with Gasteiger partial charge in [-0.25, -0.2) is 4.98 Å². The third-order valence-electron chi connectivity index (χ3n) is 3.54. The van der Waals surface area contributed by atoms with Crippen LogP contribution in [-0.4, -0.2) is 33.3 Å². The second-order valence-corrected chi connectivity index (χ2v) is 5.25. The van der Waals surface area contributed by atoms with Gasteiger partial charge in [0.05, 0.1) is 5.39 Å². The van der Waals surface area contributed by atoms with Gasteiger partial charge in [0.1, 0.15) is 0 Å². The van der Waals surface area contributed by atoms with Crippen LogP contribution in [0.5, 0.6) is 0 Å². The minimum atomic E-state index is 0.416. The quantitative estimate of drug-likeness (QED) is 0.883. The van der Waals surface area contributed by atoms with Crippen molar-refractivity contribution in [3.8, 4) is 0 Å². The van der Waals surface area contributed by atoms with Crippen LogP contribution >= 0.6 is 0 Å². The molecule has 3 rings (SSSR count).